The lowest BCUT2D eigenvalue weighted by atomic mass is 10.1. The highest BCUT2D eigenvalue weighted by Crippen LogP contribution is 2.33. The number of hydrogen-bond donors (Lipinski definition) is 1. The molecule has 0 aliphatic carbocycles. The summed E-state index contributed by atoms with van der Waals surface area (Å²) in [5.74, 6) is -1.69. The van der Waals surface area contributed by atoms with Crippen LogP contribution in [-0.4, -0.2) is 4.98 Å². The van der Waals surface area contributed by atoms with Crippen LogP contribution in [0.5, 0.6) is 0 Å². The lowest BCUT2D eigenvalue weighted by molar-refractivity contribution is 0.518. The molecule has 2 N–H and O–H groups in total. The SMILES string of the molecule is Cc1cc(-c2nc3ccc(F)c(F)c3s2)ccc1N. The number of aromatic nitrogens is 1. The van der Waals surface area contributed by atoms with E-state index < -0.39 is 11.6 Å². The number of hydrogen-bond acceptors (Lipinski definition) is 3. The van der Waals surface area contributed by atoms with Crippen molar-refractivity contribution in [2.75, 3.05) is 5.73 Å². The predicted octanol–water partition coefficient (Wildman–Crippen LogP) is 4.13. The molecule has 96 valence electrons. The van der Waals surface area contributed by atoms with Crippen LogP contribution in [-0.2, 0) is 0 Å². The molecule has 0 aliphatic heterocycles. The highest BCUT2D eigenvalue weighted by Gasteiger charge is 2.13. The van der Waals surface area contributed by atoms with E-state index in [0.717, 1.165) is 28.5 Å². The van der Waals surface area contributed by atoms with E-state index in [2.05, 4.69) is 4.98 Å². The standard InChI is InChI=1S/C14H10F2N2S/c1-7-6-8(2-4-10(7)17)14-18-11-5-3-9(15)12(16)13(11)19-14/h2-6H,17H2,1H3. The number of benzene rings is 2. The van der Waals surface area contributed by atoms with Crippen molar-refractivity contribution in [3.63, 3.8) is 0 Å². The molecule has 0 saturated carbocycles. The molecule has 1 heterocycles. The normalized spacial score (nSPS) is 11.1. The number of anilines is 1. The first-order valence-electron chi connectivity index (χ1n) is 5.67. The van der Waals surface area contributed by atoms with Crippen LogP contribution >= 0.6 is 11.3 Å². The quantitative estimate of drug-likeness (QED) is 0.679. The van der Waals surface area contributed by atoms with Crippen molar-refractivity contribution in [1.82, 2.24) is 4.98 Å². The number of aryl methyl sites for hydroxylation is 1. The first kappa shape index (κ1) is 12.0. The van der Waals surface area contributed by atoms with Crippen LogP contribution in [0.25, 0.3) is 20.8 Å². The van der Waals surface area contributed by atoms with Gasteiger partial charge in [-0.15, -0.1) is 11.3 Å². The van der Waals surface area contributed by atoms with Crippen molar-refractivity contribution in [3.05, 3.63) is 47.5 Å². The van der Waals surface area contributed by atoms with E-state index in [1.807, 2.05) is 19.1 Å². The first-order valence-corrected chi connectivity index (χ1v) is 6.49. The average molecular weight is 276 g/mol. The van der Waals surface area contributed by atoms with Gasteiger partial charge in [-0.05, 0) is 42.8 Å². The van der Waals surface area contributed by atoms with Gasteiger partial charge in [0.25, 0.3) is 0 Å². The second kappa shape index (κ2) is 4.28. The second-order valence-electron chi connectivity index (χ2n) is 4.30. The van der Waals surface area contributed by atoms with Crippen LogP contribution < -0.4 is 5.73 Å². The summed E-state index contributed by atoms with van der Waals surface area (Å²) in [5.41, 5.74) is 8.71. The van der Waals surface area contributed by atoms with Crippen LogP contribution in [0.4, 0.5) is 14.5 Å². The largest absolute Gasteiger partial charge is 0.399 e. The summed E-state index contributed by atoms with van der Waals surface area (Å²) in [7, 11) is 0. The van der Waals surface area contributed by atoms with Gasteiger partial charge in [0.05, 0.1) is 10.2 Å². The summed E-state index contributed by atoms with van der Waals surface area (Å²) < 4.78 is 27.1. The van der Waals surface area contributed by atoms with Gasteiger partial charge in [-0.3, -0.25) is 0 Å². The summed E-state index contributed by atoms with van der Waals surface area (Å²) in [6.07, 6.45) is 0. The first-order chi connectivity index (χ1) is 9.06. The maximum Gasteiger partial charge on any atom is 0.178 e. The number of nitrogens with zero attached hydrogens (tertiary/aromatic N) is 1. The Morgan fingerprint density at radius 1 is 1.16 bits per heavy atom. The van der Waals surface area contributed by atoms with Crippen molar-refractivity contribution >= 4 is 27.2 Å². The van der Waals surface area contributed by atoms with E-state index >= 15 is 0 Å². The highest BCUT2D eigenvalue weighted by molar-refractivity contribution is 7.21. The van der Waals surface area contributed by atoms with Crippen molar-refractivity contribution in [2.45, 2.75) is 6.92 Å². The van der Waals surface area contributed by atoms with Crippen LogP contribution in [0.2, 0.25) is 0 Å². The number of fused-ring (bicyclic) bond motifs is 1. The molecule has 3 aromatic rings. The molecule has 0 aliphatic rings. The summed E-state index contributed by atoms with van der Waals surface area (Å²) in [6.45, 7) is 1.90. The monoisotopic (exact) mass is 276 g/mol. The Kier molecular flexibility index (Phi) is 2.71. The average Bonchev–Trinajstić information content (AvgIpc) is 2.82. The molecule has 5 heteroatoms. The fourth-order valence-corrected chi connectivity index (χ4v) is 2.86. The molecule has 2 aromatic carbocycles. The van der Waals surface area contributed by atoms with Crippen molar-refractivity contribution in [1.29, 1.82) is 0 Å². The topological polar surface area (TPSA) is 38.9 Å². The second-order valence-corrected chi connectivity index (χ2v) is 5.30. The van der Waals surface area contributed by atoms with Gasteiger partial charge in [0.2, 0.25) is 0 Å². The van der Waals surface area contributed by atoms with Gasteiger partial charge in [0.1, 0.15) is 5.01 Å². The van der Waals surface area contributed by atoms with Gasteiger partial charge in [-0.1, -0.05) is 0 Å². The van der Waals surface area contributed by atoms with E-state index in [1.54, 1.807) is 6.07 Å². The van der Waals surface area contributed by atoms with E-state index in [4.69, 9.17) is 5.73 Å². The Morgan fingerprint density at radius 3 is 2.68 bits per heavy atom. The number of nitrogens with two attached hydrogens (primary N) is 1. The maximum atomic E-state index is 13.6. The van der Waals surface area contributed by atoms with Crippen molar-refractivity contribution in [2.24, 2.45) is 0 Å². The molecule has 1 aromatic heterocycles. The third-order valence-corrected chi connectivity index (χ3v) is 4.08. The minimum absolute atomic E-state index is 0.240. The Morgan fingerprint density at radius 2 is 1.95 bits per heavy atom. The highest BCUT2D eigenvalue weighted by atomic mass is 32.1. The Labute approximate surface area is 112 Å². The molecule has 0 amide bonds. The van der Waals surface area contributed by atoms with Gasteiger partial charge in [-0.2, -0.15) is 0 Å². The summed E-state index contributed by atoms with van der Waals surface area (Å²) in [5, 5.41) is 0.655. The molecule has 19 heavy (non-hydrogen) atoms. The molecule has 0 spiro atoms. The smallest absolute Gasteiger partial charge is 0.178 e. The third kappa shape index (κ3) is 1.96. The zero-order valence-corrected chi connectivity index (χ0v) is 10.9. The fourth-order valence-electron chi connectivity index (χ4n) is 1.87. The predicted molar refractivity (Wildman–Crippen MR) is 74.1 cm³/mol. The Bertz CT molecular complexity index is 780. The number of halogens is 2. The number of rotatable bonds is 1. The van der Waals surface area contributed by atoms with E-state index in [1.165, 1.54) is 6.07 Å². The van der Waals surface area contributed by atoms with Gasteiger partial charge in [0, 0.05) is 11.3 Å². The fraction of sp³-hybridized carbons (Fsp3) is 0.0714. The van der Waals surface area contributed by atoms with Crippen LogP contribution in [0.3, 0.4) is 0 Å². The zero-order valence-electron chi connectivity index (χ0n) is 10.1. The maximum absolute atomic E-state index is 13.6. The zero-order chi connectivity index (χ0) is 13.6. The molecule has 2 nitrogen and oxygen atoms in total. The molecule has 3 rings (SSSR count). The molecular weight excluding hydrogens is 266 g/mol. The summed E-state index contributed by atoms with van der Waals surface area (Å²) in [4.78, 5) is 4.33. The molecule has 0 saturated heterocycles. The molecule has 0 atom stereocenters. The van der Waals surface area contributed by atoms with Gasteiger partial charge in [0.15, 0.2) is 11.6 Å². The summed E-state index contributed by atoms with van der Waals surface area (Å²) in [6, 6.07) is 8.08. The lowest BCUT2D eigenvalue weighted by Crippen LogP contribution is -1.89. The third-order valence-electron chi connectivity index (χ3n) is 2.97. The van der Waals surface area contributed by atoms with Crippen LogP contribution in [0, 0.1) is 18.6 Å². The van der Waals surface area contributed by atoms with Gasteiger partial charge >= 0.3 is 0 Å². The van der Waals surface area contributed by atoms with Crippen molar-refractivity contribution in [3.8, 4) is 10.6 Å². The lowest BCUT2D eigenvalue weighted by Gasteiger charge is -2.01. The molecule has 0 radical (unpaired) electrons. The molecular formula is C14H10F2N2S. The van der Waals surface area contributed by atoms with Crippen LogP contribution in [0.15, 0.2) is 30.3 Å². The Balaban J connectivity index is 2.20. The van der Waals surface area contributed by atoms with E-state index in [0.29, 0.717) is 16.2 Å². The Hall–Kier alpha value is -2.01. The van der Waals surface area contributed by atoms with E-state index in [-0.39, 0.29) is 4.70 Å². The molecule has 0 unspecified atom stereocenters. The van der Waals surface area contributed by atoms with Gasteiger partial charge < -0.3 is 5.73 Å². The van der Waals surface area contributed by atoms with Crippen molar-refractivity contribution < 1.29 is 8.78 Å². The van der Waals surface area contributed by atoms with Crippen LogP contribution in [0.1, 0.15) is 5.56 Å². The number of nitrogen functional groups attached to an aromatic ring is 1. The van der Waals surface area contributed by atoms with E-state index in [9.17, 15) is 8.78 Å². The minimum Gasteiger partial charge on any atom is -0.399 e. The van der Waals surface area contributed by atoms with Gasteiger partial charge in [-0.25, -0.2) is 13.8 Å². The molecule has 0 bridgehead atoms. The summed E-state index contributed by atoms with van der Waals surface area (Å²) >= 11 is 1.14. The number of thiazole rings is 1. The molecule has 0 fully saturated rings. The minimum atomic E-state index is -0.851.